The van der Waals surface area contributed by atoms with Gasteiger partial charge < -0.3 is 10.1 Å². The first kappa shape index (κ1) is 19.9. The lowest BCUT2D eigenvalue weighted by Gasteiger charge is -2.28. The van der Waals surface area contributed by atoms with Crippen LogP contribution in [0.25, 0.3) is 11.3 Å². The zero-order valence-electron chi connectivity index (χ0n) is 18.2. The Balaban J connectivity index is 1.75. The first-order chi connectivity index (χ1) is 15.4. The molecule has 9 heteroatoms. The van der Waals surface area contributed by atoms with Crippen molar-refractivity contribution >= 4 is 11.6 Å². The summed E-state index contributed by atoms with van der Waals surface area (Å²) in [5.41, 5.74) is 4.36. The van der Waals surface area contributed by atoms with Crippen LogP contribution in [0.2, 0.25) is 0 Å². The van der Waals surface area contributed by atoms with E-state index in [2.05, 4.69) is 76.1 Å². The highest BCUT2D eigenvalue weighted by Gasteiger charge is 2.34. The molecule has 5 rings (SSSR count). The number of methoxy groups -OCH3 is 1. The Kier molecular flexibility index (Phi) is 4.54. The second kappa shape index (κ2) is 7.30. The number of aromatic amines is 1. The molecule has 0 spiro atoms. The number of tetrazole rings is 1. The van der Waals surface area contributed by atoms with Crippen LogP contribution in [-0.2, 0) is 5.41 Å². The Labute approximate surface area is 184 Å². The minimum Gasteiger partial charge on any atom is -0.497 e. The number of ether oxygens (including phenoxy) is 1. The van der Waals surface area contributed by atoms with E-state index in [0.29, 0.717) is 28.6 Å². The zero-order valence-corrected chi connectivity index (χ0v) is 18.2. The molecule has 0 saturated heterocycles. The van der Waals surface area contributed by atoms with E-state index in [1.807, 2.05) is 24.3 Å². The van der Waals surface area contributed by atoms with Crippen LogP contribution in [0.5, 0.6) is 5.75 Å². The minimum atomic E-state index is -0.429. The quantitative estimate of drug-likeness (QED) is 0.452. The Hall–Kier alpha value is -4.01. The molecule has 0 radical (unpaired) electrons. The smallest absolute Gasteiger partial charge is 0.288 e. The number of H-pyrrole nitrogens is 1. The van der Waals surface area contributed by atoms with Crippen molar-refractivity contribution in [1.82, 2.24) is 30.4 Å². The van der Waals surface area contributed by atoms with E-state index in [0.717, 1.165) is 11.1 Å². The summed E-state index contributed by atoms with van der Waals surface area (Å²) in [5, 5.41) is 22.2. The van der Waals surface area contributed by atoms with Gasteiger partial charge >= 0.3 is 0 Å². The largest absolute Gasteiger partial charge is 0.497 e. The Morgan fingerprint density at radius 3 is 2.59 bits per heavy atom. The molecule has 0 fully saturated rings. The number of nitrogens with zero attached hydrogens (tertiary/aromatic N) is 5. The maximum Gasteiger partial charge on any atom is 0.288 e. The van der Waals surface area contributed by atoms with Gasteiger partial charge in [-0.25, -0.2) is 5.10 Å². The molecule has 9 nitrogen and oxygen atoms in total. The van der Waals surface area contributed by atoms with E-state index >= 15 is 0 Å². The third-order valence-corrected chi connectivity index (χ3v) is 5.70. The van der Waals surface area contributed by atoms with Gasteiger partial charge in [-0.3, -0.25) is 4.79 Å². The molecule has 3 heterocycles. The van der Waals surface area contributed by atoms with Crippen molar-refractivity contribution in [2.75, 3.05) is 12.4 Å². The third-order valence-electron chi connectivity index (χ3n) is 5.70. The molecule has 0 amide bonds. The lowest BCUT2D eigenvalue weighted by molar-refractivity contribution is 0.415. The van der Waals surface area contributed by atoms with Gasteiger partial charge in [0, 0.05) is 11.1 Å². The molecule has 162 valence electrons. The normalized spacial score (nSPS) is 14.9. The highest BCUT2D eigenvalue weighted by molar-refractivity contribution is 5.76. The molecule has 0 saturated carbocycles. The molecule has 1 aliphatic heterocycles. The van der Waals surface area contributed by atoms with Crippen molar-refractivity contribution in [3.05, 3.63) is 75.6 Å². The summed E-state index contributed by atoms with van der Waals surface area (Å²) in [7, 11) is 1.61. The van der Waals surface area contributed by atoms with Crippen LogP contribution in [0.4, 0.5) is 11.6 Å². The molecule has 1 aliphatic rings. The number of aromatic nitrogens is 6. The van der Waals surface area contributed by atoms with Gasteiger partial charge in [-0.1, -0.05) is 62.3 Å². The van der Waals surface area contributed by atoms with Crippen LogP contribution in [0.3, 0.4) is 0 Å². The number of benzene rings is 2. The molecule has 2 aromatic carbocycles. The monoisotopic (exact) mass is 429 g/mol. The maximum absolute atomic E-state index is 12.8. The molecule has 0 aliphatic carbocycles. The van der Waals surface area contributed by atoms with Gasteiger partial charge in [-0.05, 0) is 39.1 Å². The Morgan fingerprint density at radius 2 is 1.88 bits per heavy atom. The fourth-order valence-corrected chi connectivity index (χ4v) is 4.00. The van der Waals surface area contributed by atoms with Crippen molar-refractivity contribution in [3.63, 3.8) is 0 Å². The summed E-state index contributed by atoms with van der Waals surface area (Å²) in [5.74, 6) is 1.10. The van der Waals surface area contributed by atoms with Crippen LogP contribution in [0, 0.1) is 0 Å². The van der Waals surface area contributed by atoms with E-state index in [-0.39, 0.29) is 11.0 Å². The summed E-state index contributed by atoms with van der Waals surface area (Å²) in [6.07, 6.45) is 0. The van der Waals surface area contributed by atoms with Gasteiger partial charge in [0.2, 0.25) is 5.95 Å². The number of fused-ring (bicyclic) bond motifs is 2. The molecule has 4 aromatic rings. The predicted octanol–water partition coefficient (Wildman–Crippen LogP) is 3.42. The van der Waals surface area contributed by atoms with Crippen LogP contribution < -0.4 is 15.6 Å². The van der Waals surface area contributed by atoms with Gasteiger partial charge in [0.1, 0.15) is 17.5 Å². The topological polar surface area (TPSA) is 111 Å². The van der Waals surface area contributed by atoms with Gasteiger partial charge in [0.25, 0.3) is 5.56 Å². The second-order valence-corrected chi connectivity index (χ2v) is 8.77. The Bertz CT molecular complexity index is 1350. The van der Waals surface area contributed by atoms with Crippen LogP contribution >= 0.6 is 0 Å². The van der Waals surface area contributed by atoms with E-state index in [1.165, 1.54) is 5.56 Å². The third kappa shape index (κ3) is 3.22. The summed E-state index contributed by atoms with van der Waals surface area (Å²) >= 11 is 0. The number of hydrogen-bond acceptors (Lipinski definition) is 7. The van der Waals surface area contributed by atoms with Crippen molar-refractivity contribution in [2.45, 2.75) is 32.2 Å². The van der Waals surface area contributed by atoms with Gasteiger partial charge in [-0.15, -0.1) is 0 Å². The average molecular weight is 429 g/mol. The van der Waals surface area contributed by atoms with E-state index in [4.69, 9.17) is 4.74 Å². The second-order valence-electron chi connectivity index (χ2n) is 8.77. The standard InChI is InChI=1S/C23H23N7O2/c1-23(2,3)15-10-8-13(9-11-15)20-17-18(14-6-5-7-16(12-14)32-4)25-26-21(31)19(17)24-22-27-28-29-30(20)22/h5-12,20H,1-4H3,(H,26,31)(H,24,27,29)/t20-/m1/s1. The fraction of sp³-hybridized carbons (Fsp3) is 0.261. The van der Waals surface area contributed by atoms with Crippen molar-refractivity contribution in [3.8, 4) is 17.0 Å². The predicted molar refractivity (Wildman–Crippen MR) is 120 cm³/mol. The Morgan fingerprint density at radius 1 is 1.09 bits per heavy atom. The van der Waals surface area contributed by atoms with E-state index < -0.39 is 6.04 Å². The van der Waals surface area contributed by atoms with E-state index in [1.54, 1.807) is 11.8 Å². The summed E-state index contributed by atoms with van der Waals surface area (Å²) in [4.78, 5) is 12.8. The van der Waals surface area contributed by atoms with Crippen molar-refractivity contribution in [2.24, 2.45) is 0 Å². The number of rotatable bonds is 3. The van der Waals surface area contributed by atoms with Gasteiger partial charge in [0.15, 0.2) is 0 Å². The molecular formula is C23H23N7O2. The molecule has 0 bridgehead atoms. The molecular weight excluding hydrogens is 406 g/mol. The number of nitrogens with one attached hydrogen (secondary N) is 2. The SMILES string of the molecule is COc1cccc(-c2n[nH]c(=O)c3c2[C@@H](c2ccc(C(C)(C)C)cc2)n2nnnc2N3)c1. The molecule has 2 aromatic heterocycles. The highest BCUT2D eigenvalue weighted by atomic mass is 16.5. The first-order valence-electron chi connectivity index (χ1n) is 10.3. The summed E-state index contributed by atoms with van der Waals surface area (Å²) in [6, 6.07) is 15.5. The lowest BCUT2D eigenvalue weighted by Crippen LogP contribution is -2.29. The molecule has 32 heavy (non-hydrogen) atoms. The van der Waals surface area contributed by atoms with Gasteiger partial charge in [0.05, 0.1) is 12.8 Å². The van der Waals surface area contributed by atoms with E-state index in [9.17, 15) is 4.79 Å². The van der Waals surface area contributed by atoms with Crippen LogP contribution in [-0.4, -0.2) is 37.5 Å². The molecule has 2 N–H and O–H groups in total. The van der Waals surface area contributed by atoms with Gasteiger partial charge in [-0.2, -0.15) is 9.78 Å². The molecule has 1 atom stereocenters. The maximum atomic E-state index is 12.8. The summed E-state index contributed by atoms with van der Waals surface area (Å²) in [6.45, 7) is 6.52. The fourth-order valence-electron chi connectivity index (χ4n) is 4.00. The van der Waals surface area contributed by atoms with Crippen molar-refractivity contribution < 1.29 is 4.74 Å². The minimum absolute atomic E-state index is 0.0228. The van der Waals surface area contributed by atoms with Crippen LogP contribution in [0.15, 0.2) is 53.3 Å². The summed E-state index contributed by atoms with van der Waals surface area (Å²) < 4.78 is 7.07. The molecule has 0 unspecified atom stereocenters. The average Bonchev–Trinajstić information content (AvgIpc) is 3.26. The number of hydrogen-bond donors (Lipinski definition) is 2. The highest BCUT2D eigenvalue weighted by Crippen LogP contribution is 2.41. The zero-order chi connectivity index (χ0) is 22.5. The van der Waals surface area contributed by atoms with Crippen molar-refractivity contribution in [1.29, 1.82) is 0 Å². The van der Waals surface area contributed by atoms with Crippen LogP contribution in [0.1, 0.15) is 43.5 Å². The first-order valence-corrected chi connectivity index (χ1v) is 10.3. The number of anilines is 2. The lowest BCUT2D eigenvalue weighted by atomic mass is 9.85.